The Labute approximate surface area is 125 Å². The van der Waals surface area contributed by atoms with E-state index in [0.29, 0.717) is 18.2 Å². The van der Waals surface area contributed by atoms with E-state index in [9.17, 15) is 9.59 Å². The van der Waals surface area contributed by atoms with Gasteiger partial charge in [-0.1, -0.05) is 44.2 Å². The van der Waals surface area contributed by atoms with Gasteiger partial charge in [0.15, 0.2) is 0 Å². The molecule has 1 rings (SSSR count). The lowest BCUT2D eigenvalue weighted by Gasteiger charge is -2.07. The van der Waals surface area contributed by atoms with Gasteiger partial charge in [-0.2, -0.15) is 5.10 Å². The molecule has 2 amide bonds. The number of rotatable bonds is 7. The highest BCUT2D eigenvalue weighted by Crippen LogP contribution is 1.99. The second-order valence-electron chi connectivity index (χ2n) is 5.42. The summed E-state index contributed by atoms with van der Waals surface area (Å²) in [5.74, 6) is 0.141. The zero-order valence-corrected chi connectivity index (χ0v) is 12.8. The molecule has 0 bridgehead atoms. The third kappa shape index (κ3) is 7.87. The van der Waals surface area contributed by atoms with Gasteiger partial charge in [0.05, 0.1) is 12.8 Å². The van der Waals surface area contributed by atoms with Crippen LogP contribution in [0.25, 0.3) is 0 Å². The fourth-order valence-electron chi connectivity index (χ4n) is 1.63. The van der Waals surface area contributed by atoms with Gasteiger partial charge < -0.3 is 5.32 Å². The molecule has 1 aromatic carbocycles. The van der Waals surface area contributed by atoms with Crippen LogP contribution in [0, 0.1) is 5.92 Å². The zero-order chi connectivity index (χ0) is 15.7. The number of hydrogen-bond donors (Lipinski definition) is 2. The van der Waals surface area contributed by atoms with E-state index < -0.39 is 0 Å². The fraction of sp³-hybridized carbons (Fsp3) is 0.438. The monoisotopic (exact) mass is 289 g/mol. The van der Waals surface area contributed by atoms with Gasteiger partial charge in [0.1, 0.15) is 0 Å². The second kappa shape index (κ2) is 8.89. The van der Waals surface area contributed by atoms with Gasteiger partial charge in [0.25, 0.3) is 0 Å². The highest BCUT2D eigenvalue weighted by atomic mass is 16.2. The normalized spacial score (nSPS) is 11.3. The molecule has 114 valence electrons. The van der Waals surface area contributed by atoms with E-state index in [0.717, 1.165) is 5.56 Å². The SMILES string of the molecule is C/C(CC(=O)NCC(C)C)=N\NC(=O)Cc1ccccc1. The van der Waals surface area contributed by atoms with Crippen LogP contribution in [0.2, 0.25) is 0 Å². The molecule has 1 aromatic rings. The lowest BCUT2D eigenvalue weighted by atomic mass is 10.1. The number of carbonyl (C=O) groups is 2. The van der Waals surface area contributed by atoms with Crippen LogP contribution in [-0.2, 0) is 16.0 Å². The summed E-state index contributed by atoms with van der Waals surface area (Å²) < 4.78 is 0. The fourth-order valence-corrected chi connectivity index (χ4v) is 1.63. The van der Waals surface area contributed by atoms with Crippen LogP contribution in [0.1, 0.15) is 32.8 Å². The molecule has 0 aliphatic carbocycles. The Hall–Kier alpha value is -2.17. The van der Waals surface area contributed by atoms with Crippen LogP contribution < -0.4 is 10.7 Å². The number of hydrogen-bond acceptors (Lipinski definition) is 3. The summed E-state index contributed by atoms with van der Waals surface area (Å²) in [5, 5.41) is 6.75. The molecule has 5 heteroatoms. The smallest absolute Gasteiger partial charge is 0.244 e. The number of hydrazone groups is 1. The first-order valence-electron chi connectivity index (χ1n) is 7.10. The number of benzene rings is 1. The molecule has 21 heavy (non-hydrogen) atoms. The minimum absolute atomic E-state index is 0.0812. The van der Waals surface area contributed by atoms with Crippen LogP contribution in [0.5, 0.6) is 0 Å². The summed E-state index contributed by atoms with van der Waals surface area (Å²) in [5.41, 5.74) is 3.98. The van der Waals surface area contributed by atoms with E-state index >= 15 is 0 Å². The molecule has 5 nitrogen and oxygen atoms in total. The number of carbonyl (C=O) groups excluding carboxylic acids is 2. The summed E-state index contributed by atoms with van der Waals surface area (Å²) in [6.45, 7) is 6.43. The number of nitrogens with zero attached hydrogens (tertiary/aromatic N) is 1. The van der Waals surface area contributed by atoms with Gasteiger partial charge in [-0.15, -0.1) is 0 Å². The molecule has 0 aromatic heterocycles. The summed E-state index contributed by atoms with van der Waals surface area (Å²) in [4.78, 5) is 23.3. The van der Waals surface area contributed by atoms with Crippen LogP contribution in [0.4, 0.5) is 0 Å². The minimum atomic E-state index is -0.192. The predicted molar refractivity (Wildman–Crippen MR) is 83.9 cm³/mol. The van der Waals surface area contributed by atoms with Crippen molar-refractivity contribution in [1.29, 1.82) is 0 Å². The van der Waals surface area contributed by atoms with Crippen molar-refractivity contribution in [2.75, 3.05) is 6.54 Å². The van der Waals surface area contributed by atoms with E-state index in [4.69, 9.17) is 0 Å². The van der Waals surface area contributed by atoms with E-state index in [1.54, 1.807) is 6.92 Å². The number of amides is 2. The Morgan fingerprint density at radius 2 is 1.81 bits per heavy atom. The standard InChI is InChI=1S/C16H23N3O2/c1-12(2)11-17-15(20)9-13(3)18-19-16(21)10-14-7-5-4-6-8-14/h4-8,12H,9-11H2,1-3H3,(H,17,20)(H,19,21)/b18-13+. The Kier molecular flexibility index (Phi) is 7.15. The van der Waals surface area contributed by atoms with Crippen molar-refractivity contribution < 1.29 is 9.59 Å². The second-order valence-corrected chi connectivity index (χ2v) is 5.42. The molecule has 0 fully saturated rings. The van der Waals surface area contributed by atoms with E-state index in [1.165, 1.54) is 0 Å². The average Bonchev–Trinajstić information content (AvgIpc) is 2.44. The Morgan fingerprint density at radius 1 is 1.14 bits per heavy atom. The van der Waals surface area contributed by atoms with Gasteiger partial charge in [-0.3, -0.25) is 9.59 Å². The molecule has 0 atom stereocenters. The quantitative estimate of drug-likeness (QED) is 0.594. The third-order valence-corrected chi connectivity index (χ3v) is 2.70. The first kappa shape index (κ1) is 16.9. The highest BCUT2D eigenvalue weighted by molar-refractivity contribution is 6.00. The van der Waals surface area contributed by atoms with Crippen molar-refractivity contribution in [3.8, 4) is 0 Å². The summed E-state index contributed by atoms with van der Waals surface area (Å²) in [6, 6.07) is 9.44. The highest BCUT2D eigenvalue weighted by Gasteiger charge is 2.06. The lowest BCUT2D eigenvalue weighted by molar-refractivity contribution is -0.121. The van der Waals surface area contributed by atoms with Crippen molar-refractivity contribution in [2.45, 2.75) is 33.6 Å². The first-order chi connectivity index (χ1) is 9.97. The van der Waals surface area contributed by atoms with Gasteiger partial charge in [-0.25, -0.2) is 5.43 Å². The first-order valence-corrected chi connectivity index (χ1v) is 7.10. The summed E-state index contributed by atoms with van der Waals surface area (Å²) in [7, 11) is 0. The van der Waals surface area contributed by atoms with Crippen molar-refractivity contribution in [2.24, 2.45) is 11.0 Å². The average molecular weight is 289 g/mol. The van der Waals surface area contributed by atoms with Crippen LogP contribution in [-0.4, -0.2) is 24.1 Å². The lowest BCUT2D eigenvalue weighted by Crippen LogP contribution is -2.29. The predicted octanol–water partition coefficient (Wildman–Crippen LogP) is 1.88. The van der Waals surface area contributed by atoms with Crippen molar-refractivity contribution in [3.63, 3.8) is 0 Å². The maximum atomic E-state index is 11.7. The molecule has 2 N–H and O–H groups in total. The summed E-state index contributed by atoms with van der Waals surface area (Å²) >= 11 is 0. The van der Waals surface area contributed by atoms with Gasteiger partial charge in [0, 0.05) is 12.3 Å². The van der Waals surface area contributed by atoms with Crippen molar-refractivity contribution in [1.82, 2.24) is 10.7 Å². The molecular formula is C16H23N3O2. The molecule has 0 heterocycles. The van der Waals surface area contributed by atoms with Crippen molar-refractivity contribution >= 4 is 17.5 Å². The topological polar surface area (TPSA) is 70.6 Å². The van der Waals surface area contributed by atoms with Crippen LogP contribution in [0.15, 0.2) is 35.4 Å². The Morgan fingerprint density at radius 3 is 2.43 bits per heavy atom. The maximum absolute atomic E-state index is 11.7. The van der Waals surface area contributed by atoms with Crippen LogP contribution >= 0.6 is 0 Å². The molecule has 0 aliphatic heterocycles. The van der Waals surface area contributed by atoms with E-state index in [1.807, 2.05) is 44.2 Å². The molecule has 0 spiro atoms. The molecule has 0 aliphatic rings. The van der Waals surface area contributed by atoms with Gasteiger partial charge >= 0.3 is 0 Å². The molecule has 0 radical (unpaired) electrons. The van der Waals surface area contributed by atoms with E-state index in [-0.39, 0.29) is 24.7 Å². The molecule has 0 saturated carbocycles. The largest absolute Gasteiger partial charge is 0.356 e. The molecular weight excluding hydrogens is 266 g/mol. The van der Waals surface area contributed by atoms with Crippen molar-refractivity contribution in [3.05, 3.63) is 35.9 Å². The minimum Gasteiger partial charge on any atom is -0.356 e. The maximum Gasteiger partial charge on any atom is 0.244 e. The summed E-state index contributed by atoms with van der Waals surface area (Å²) in [6.07, 6.45) is 0.468. The number of nitrogens with one attached hydrogen (secondary N) is 2. The third-order valence-electron chi connectivity index (χ3n) is 2.70. The molecule has 0 saturated heterocycles. The van der Waals surface area contributed by atoms with E-state index in [2.05, 4.69) is 15.8 Å². The van der Waals surface area contributed by atoms with Crippen LogP contribution in [0.3, 0.4) is 0 Å². The van der Waals surface area contributed by atoms with Gasteiger partial charge in [0.2, 0.25) is 11.8 Å². The molecule has 0 unspecified atom stereocenters. The Balaban J connectivity index is 2.34. The Bertz CT molecular complexity index is 496. The zero-order valence-electron chi connectivity index (χ0n) is 12.8. The van der Waals surface area contributed by atoms with Gasteiger partial charge in [-0.05, 0) is 18.4 Å².